The van der Waals surface area contributed by atoms with Crippen LogP contribution in [-0.2, 0) is 4.74 Å². The molecule has 2 N–H and O–H groups in total. The summed E-state index contributed by atoms with van der Waals surface area (Å²) in [5.74, 6) is -1.62. The van der Waals surface area contributed by atoms with E-state index in [-0.39, 0.29) is 23.6 Å². The molecule has 3 atom stereocenters. The number of rotatable bonds is 2. The molecule has 2 rings (SSSR count). The Balaban J connectivity index is 2.27. The molecule has 3 nitrogen and oxygen atoms in total. The number of aliphatic hydroxyl groups excluding tert-OH is 2. The summed E-state index contributed by atoms with van der Waals surface area (Å²) in [4.78, 5) is 0. The maximum absolute atomic E-state index is 13.5. The van der Waals surface area contributed by atoms with Gasteiger partial charge in [-0.05, 0) is 6.07 Å². The van der Waals surface area contributed by atoms with E-state index in [1.807, 2.05) is 0 Å². The summed E-state index contributed by atoms with van der Waals surface area (Å²) in [7, 11) is 0. The molecule has 0 aliphatic carbocycles. The smallest absolute Gasteiger partial charge is 0.144 e. The standard InChI is InChI=1S/C11H11ClF2O3/c12-6-1-5(7(13)2-8(6)14)10-3-9(16)11(4-15)17-10/h1-2,9-11,15-16H,3-4H2/t9-,10+,11+/m0/s1. The first kappa shape index (κ1) is 12.7. The summed E-state index contributed by atoms with van der Waals surface area (Å²) >= 11 is 5.56. The van der Waals surface area contributed by atoms with E-state index in [4.69, 9.17) is 21.4 Å². The highest BCUT2D eigenvalue weighted by molar-refractivity contribution is 6.30. The van der Waals surface area contributed by atoms with Gasteiger partial charge in [-0.2, -0.15) is 0 Å². The van der Waals surface area contributed by atoms with Gasteiger partial charge in [-0.25, -0.2) is 8.78 Å². The van der Waals surface area contributed by atoms with Gasteiger partial charge in [-0.3, -0.25) is 0 Å². The number of benzene rings is 1. The Morgan fingerprint density at radius 2 is 2.06 bits per heavy atom. The second kappa shape index (κ2) is 4.86. The molecule has 1 aliphatic rings. The second-order valence-corrected chi connectivity index (χ2v) is 4.34. The molecule has 1 aromatic carbocycles. The monoisotopic (exact) mass is 264 g/mol. The summed E-state index contributed by atoms with van der Waals surface area (Å²) < 4.78 is 31.7. The molecular weight excluding hydrogens is 254 g/mol. The molecule has 1 saturated heterocycles. The molecule has 0 spiro atoms. The van der Waals surface area contributed by atoms with Gasteiger partial charge in [-0.15, -0.1) is 0 Å². The van der Waals surface area contributed by atoms with Gasteiger partial charge in [0.25, 0.3) is 0 Å². The molecule has 0 unspecified atom stereocenters. The van der Waals surface area contributed by atoms with E-state index in [0.29, 0.717) is 6.07 Å². The summed E-state index contributed by atoms with van der Waals surface area (Å²) in [5.41, 5.74) is 0.0893. The lowest BCUT2D eigenvalue weighted by molar-refractivity contribution is -0.0233. The number of hydrogen-bond donors (Lipinski definition) is 2. The number of hydrogen-bond acceptors (Lipinski definition) is 3. The van der Waals surface area contributed by atoms with Crippen molar-refractivity contribution in [3.63, 3.8) is 0 Å². The third-order valence-electron chi connectivity index (χ3n) is 2.79. The normalized spacial score (nSPS) is 28.6. The lowest BCUT2D eigenvalue weighted by atomic mass is 10.0. The molecule has 6 heteroatoms. The molecule has 1 fully saturated rings. The highest BCUT2D eigenvalue weighted by atomic mass is 35.5. The first-order valence-corrected chi connectivity index (χ1v) is 5.49. The predicted octanol–water partition coefficient (Wildman–Crippen LogP) is 1.80. The van der Waals surface area contributed by atoms with Crippen molar-refractivity contribution in [2.75, 3.05) is 6.61 Å². The first-order valence-electron chi connectivity index (χ1n) is 5.11. The first-order chi connectivity index (χ1) is 8.02. The van der Waals surface area contributed by atoms with Crippen LogP contribution >= 0.6 is 11.6 Å². The van der Waals surface area contributed by atoms with Crippen molar-refractivity contribution in [3.05, 3.63) is 34.4 Å². The third-order valence-corrected chi connectivity index (χ3v) is 3.08. The van der Waals surface area contributed by atoms with Crippen molar-refractivity contribution >= 4 is 11.6 Å². The Morgan fingerprint density at radius 3 is 2.65 bits per heavy atom. The molecule has 0 aromatic heterocycles. The second-order valence-electron chi connectivity index (χ2n) is 3.94. The molecule has 17 heavy (non-hydrogen) atoms. The number of ether oxygens (including phenoxy) is 1. The summed E-state index contributed by atoms with van der Waals surface area (Å²) in [6.07, 6.45) is -2.19. The van der Waals surface area contributed by atoms with E-state index in [0.717, 1.165) is 6.07 Å². The molecule has 0 saturated carbocycles. The van der Waals surface area contributed by atoms with Gasteiger partial charge in [0, 0.05) is 18.1 Å². The van der Waals surface area contributed by atoms with Gasteiger partial charge in [-0.1, -0.05) is 11.6 Å². The molecule has 0 radical (unpaired) electrons. The van der Waals surface area contributed by atoms with Crippen LogP contribution in [0.1, 0.15) is 18.1 Å². The van der Waals surface area contributed by atoms with Crippen molar-refractivity contribution in [1.29, 1.82) is 0 Å². The maximum Gasteiger partial charge on any atom is 0.144 e. The molecule has 0 bridgehead atoms. The van der Waals surface area contributed by atoms with E-state index >= 15 is 0 Å². The van der Waals surface area contributed by atoms with Crippen molar-refractivity contribution in [2.45, 2.75) is 24.7 Å². The average molecular weight is 265 g/mol. The van der Waals surface area contributed by atoms with E-state index < -0.39 is 29.9 Å². The van der Waals surface area contributed by atoms with E-state index in [9.17, 15) is 13.9 Å². The highest BCUT2D eigenvalue weighted by Gasteiger charge is 2.35. The zero-order valence-electron chi connectivity index (χ0n) is 8.74. The van der Waals surface area contributed by atoms with Crippen LogP contribution in [0.2, 0.25) is 5.02 Å². The topological polar surface area (TPSA) is 49.7 Å². The zero-order chi connectivity index (χ0) is 12.6. The lowest BCUT2D eigenvalue weighted by Gasteiger charge is -2.13. The van der Waals surface area contributed by atoms with Crippen LogP contribution in [0.3, 0.4) is 0 Å². The van der Waals surface area contributed by atoms with Crippen LogP contribution in [0.5, 0.6) is 0 Å². The third kappa shape index (κ3) is 2.42. The van der Waals surface area contributed by atoms with Crippen molar-refractivity contribution in [2.24, 2.45) is 0 Å². The Hall–Kier alpha value is -0.750. The van der Waals surface area contributed by atoms with Crippen LogP contribution in [-0.4, -0.2) is 29.0 Å². The van der Waals surface area contributed by atoms with Crippen molar-refractivity contribution in [1.82, 2.24) is 0 Å². The Labute approximate surface area is 102 Å². The van der Waals surface area contributed by atoms with Crippen molar-refractivity contribution in [3.8, 4) is 0 Å². The number of aliphatic hydroxyl groups is 2. The lowest BCUT2D eigenvalue weighted by Crippen LogP contribution is -2.24. The molecule has 1 heterocycles. The van der Waals surface area contributed by atoms with Gasteiger partial charge in [0.15, 0.2) is 0 Å². The van der Waals surface area contributed by atoms with Gasteiger partial charge in [0.1, 0.15) is 17.7 Å². The van der Waals surface area contributed by atoms with Crippen LogP contribution in [0.25, 0.3) is 0 Å². The highest BCUT2D eigenvalue weighted by Crippen LogP contribution is 2.35. The summed E-state index contributed by atoms with van der Waals surface area (Å²) in [5, 5.41) is 18.2. The largest absolute Gasteiger partial charge is 0.394 e. The molecule has 0 amide bonds. The van der Waals surface area contributed by atoms with E-state index in [1.54, 1.807) is 0 Å². The maximum atomic E-state index is 13.5. The van der Waals surface area contributed by atoms with Gasteiger partial charge in [0.2, 0.25) is 0 Å². The molecule has 1 aromatic rings. The van der Waals surface area contributed by atoms with Gasteiger partial charge < -0.3 is 14.9 Å². The fraction of sp³-hybridized carbons (Fsp3) is 0.455. The quantitative estimate of drug-likeness (QED) is 0.801. The van der Waals surface area contributed by atoms with Crippen LogP contribution in [0.15, 0.2) is 12.1 Å². The van der Waals surface area contributed by atoms with E-state index in [2.05, 4.69) is 0 Å². The van der Waals surface area contributed by atoms with Gasteiger partial charge >= 0.3 is 0 Å². The number of halogens is 3. The molecular formula is C11H11ClF2O3. The minimum Gasteiger partial charge on any atom is -0.394 e. The summed E-state index contributed by atoms with van der Waals surface area (Å²) in [6.45, 7) is -0.353. The minimum absolute atomic E-state index is 0.0893. The van der Waals surface area contributed by atoms with Gasteiger partial charge in [0.05, 0.1) is 23.8 Å². The van der Waals surface area contributed by atoms with Crippen molar-refractivity contribution < 1.29 is 23.7 Å². The van der Waals surface area contributed by atoms with Crippen LogP contribution in [0, 0.1) is 11.6 Å². The van der Waals surface area contributed by atoms with E-state index in [1.165, 1.54) is 0 Å². The average Bonchev–Trinajstić information content (AvgIpc) is 2.65. The predicted molar refractivity (Wildman–Crippen MR) is 56.7 cm³/mol. The zero-order valence-corrected chi connectivity index (χ0v) is 9.49. The van der Waals surface area contributed by atoms with Crippen LogP contribution < -0.4 is 0 Å². The fourth-order valence-corrected chi connectivity index (χ4v) is 2.05. The molecule has 94 valence electrons. The fourth-order valence-electron chi connectivity index (χ4n) is 1.88. The Morgan fingerprint density at radius 1 is 1.35 bits per heavy atom. The van der Waals surface area contributed by atoms with Crippen LogP contribution in [0.4, 0.5) is 8.78 Å². The summed E-state index contributed by atoms with van der Waals surface area (Å²) in [6, 6.07) is 1.82. The Bertz CT molecular complexity index is 427. The molecule has 1 aliphatic heterocycles. The SMILES string of the molecule is OC[C@H]1O[C@@H](c2cc(Cl)c(F)cc2F)C[C@@H]1O. The Kier molecular flexibility index (Phi) is 3.63. The minimum atomic E-state index is -0.867.